The van der Waals surface area contributed by atoms with Crippen LogP contribution in [0.25, 0.3) is 0 Å². The highest BCUT2D eigenvalue weighted by Gasteiger charge is 2.13. The molecule has 0 spiro atoms. The Kier molecular flexibility index (Phi) is 4.10. The van der Waals surface area contributed by atoms with E-state index < -0.39 is 21.7 Å². The van der Waals surface area contributed by atoms with E-state index in [-0.39, 0.29) is 16.3 Å². The number of benzene rings is 2. The van der Waals surface area contributed by atoms with E-state index >= 15 is 0 Å². The van der Waals surface area contributed by atoms with Crippen molar-refractivity contribution in [3.05, 3.63) is 48.0 Å². The Hall–Kier alpha value is -2.19. The van der Waals surface area contributed by atoms with Gasteiger partial charge in [-0.15, -0.1) is 0 Å². The third kappa shape index (κ3) is 3.47. The van der Waals surface area contributed by atoms with Crippen LogP contribution in [0.3, 0.4) is 0 Å². The monoisotopic (exact) mass is 313 g/mol. The van der Waals surface area contributed by atoms with Crippen LogP contribution in [-0.2, 0) is 10.0 Å². The van der Waals surface area contributed by atoms with E-state index in [0.717, 1.165) is 18.2 Å². The van der Waals surface area contributed by atoms with Crippen LogP contribution >= 0.6 is 0 Å². The lowest BCUT2D eigenvalue weighted by atomic mass is 10.2. The van der Waals surface area contributed by atoms with Crippen molar-refractivity contribution in [3.8, 4) is 0 Å². The van der Waals surface area contributed by atoms with Gasteiger partial charge in [-0.2, -0.15) is 0 Å². The van der Waals surface area contributed by atoms with Crippen molar-refractivity contribution in [3.63, 3.8) is 0 Å². The van der Waals surface area contributed by atoms with Crippen molar-refractivity contribution in [2.24, 2.45) is 0 Å². The summed E-state index contributed by atoms with van der Waals surface area (Å²) < 4.78 is 51.6. The maximum Gasteiger partial charge on any atom is 0.240 e. The minimum atomic E-state index is -3.60. The molecule has 0 atom stereocenters. The Morgan fingerprint density at radius 3 is 2.19 bits per heavy atom. The third-order valence-corrected chi connectivity index (χ3v) is 4.16. The van der Waals surface area contributed by atoms with Crippen LogP contribution in [0.5, 0.6) is 0 Å². The molecule has 2 aromatic carbocycles. The Bertz CT molecular complexity index is 759. The Morgan fingerprint density at radius 1 is 1.05 bits per heavy atom. The van der Waals surface area contributed by atoms with Gasteiger partial charge in [-0.3, -0.25) is 0 Å². The first-order chi connectivity index (χ1) is 9.81. The second-order valence-corrected chi connectivity index (χ2v) is 6.13. The molecule has 2 aromatic rings. The predicted molar refractivity (Wildman–Crippen MR) is 76.7 cm³/mol. The van der Waals surface area contributed by atoms with Gasteiger partial charge in [-0.05, 0) is 37.4 Å². The summed E-state index contributed by atoms with van der Waals surface area (Å²) in [5, 5.41) is 2.73. The normalized spacial score (nSPS) is 11.4. The molecule has 0 aliphatic rings. The molecule has 0 aromatic heterocycles. The standard InChI is InChI=1S/C13H13F2N3O2S/c1-17-21(19,20)11-2-3-13(12(16)7-11)18-10-5-8(14)4-9(15)6-10/h2-7,17-18H,16H2,1H3. The highest BCUT2D eigenvalue weighted by molar-refractivity contribution is 7.89. The predicted octanol–water partition coefficient (Wildman–Crippen LogP) is 2.20. The van der Waals surface area contributed by atoms with Gasteiger partial charge >= 0.3 is 0 Å². The molecule has 0 saturated carbocycles. The van der Waals surface area contributed by atoms with E-state index in [1.165, 1.54) is 25.2 Å². The largest absolute Gasteiger partial charge is 0.397 e. The molecule has 0 saturated heterocycles. The molecule has 8 heteroatoms. The van der Waals surface area contributed by atoms with Crippen molar-refractivity contribution < 1.29 is 17.2 Å². The van der Waals surface area contributed by atoms with Gasteiger partial charge in [-0.1, -0.05) is 0 Å². The molecule has 0 amide bonds. The van der Waals surface area contributed by atoms with Gasteiger partial charge in [0.15, 0.2) is 0 Å². The van der Waals surface area contributed by atoms with E-state index in [2.05, 4.69) is 10.0 Å². The molecule has 0 heterocycles. The summed E-state index contributed by atoms with van der Waals surface area (Å²) in [7, 11) is -2.32. The molecule has 0 aliphatic carbocycles. The average Bonchev–Trinajstić information content (AvgIpc) is 2.40. The first-order valence-electron chi connectivity index (χ1n) is 5.88. The fourth-order valence-electron chi connectivity index (χ4n) is 1.72. The molecule has 21 heavy (non-hydrogen) atoms. The van der Waals surface area contributed by atoms with Crippen LogP contribution in [0.1, 0.15) is 0 Å². The molecule has 0 aliphatic heterocycles. The fraction of sp³-hybridized carbons (Fsp3) is 0.0769. The number of halogens is 2. The number of hydrogen-bond acceptors (Lipinski definition) is 4. The Balaban J connectivity index is 2.34. The van der Waals surface area contributed by atoms with Crippen LogP contribution in [0.4, 0.5) is 25.8 Å². The van der Waals surface area contributed by atoms with Crippen LogP contribution in [-0.4, -0.2) is 15.5 Å². The lowest BCUT2D eigenvalue weighted by Crippen LogP contribution is -2.18. The zero-order chi connectivity index (χ0) is 15.6. The second-order valence-electron chi connectivity index (χ2n) is 4.24. The summed E-state index contributed by atoms with van der Waals surface area (Å²) in [6.45, 7) is 0. The van der Waals surface area contributed by atoms with E-state index in [1.54, 1.807) is 0 Å². The molecule has 4 N–H and O–H groups in total. The molecular formula is C13H13F2N3O2S. The van der Waals surface area contributed by atoms with Crippen molar-refractivity contribution in [2.45, 2.75) is 4.90 Å². The van der Waals surface area contributed by atoms with E-state index in [9.17, 15) is 17.2 Å². The first-order valence-corrected chi connectivity index (χ1v) is 7.36. The number of sulfonamides is 1. The minimum Gasteiger partial charge on any atom is -0.397 e. The van der Waals surface area contributed by atoms with Crippen LogP contribution < -0.4 is 15.8 Å². The highest BCUT2D eigenvalue weighted by Crippen LogP contribution is 2.26. The van der Waals surface area contributed by atoms with Gasteiger partial charge in [0.2, 0.25) is 10.0 Å². The quantitative estimate of drug-likeness (QED) is 0.756. The number of rotatable bonds is 4. The van der Waals surface area contributed by atoms with Crippen molar-refractivity contribution in [1.82, 2.24) is 4.72 Å². The SMILES string of the molecule is CNS(=O)(=O)c1ccc(Nc2cc(F)cc(F)c2)c(N)c1. The summed E-state index contributed by atoms with van der Waals surface area (Å²) in [5.41, 5.74) is 6.40. The number of nitrogens with two attached hydrogens (primary N) is 1. The zero-order valence-electron chi connectivity index (χ0n) is 11.0. The maximum absolute atomic E-state index is 13.1. The summed E-state index contributed by atoms with van der Waals surface area (Å²) >= 11 is 0. The zero-order valence-corrected chi connectivity index (χ0v) is 11.8. The van der Waals surface area contributed by atoms with Gasteiger partial charge in [0.05, 0.1) is 16.3 Å². The molecule has 2 rings (SSSR count). The van der Waals surface area contributed by atoms with E-state index in [1.807, 2.05) is 0 Å². The van der Waals surface area contributed by atoms with Gasteiger partial charge in [-0.25, -0.2) is 21.9 Å². The van der Waals surface area contributed by atoms with Crippen molar-refractivity contribution in [2.75, 3.05) is 18.1 Å². The number of nitrogen functional groups attached to an aromatic ring is 1. The van der Waals surface area contributed by atoms with Crippen molar-refractivity contribution in [1.29, 1.82) is 0 Å². The lowest BCUT2D eigenvalue weighted by Gasteiger charge is -2.11. The topological polar surface area (TPSA) is 84.2 Å². The second kappa shape index (κ2) is 5.66. The van der Waals surface area contributed by atoms with Gasteiger partial charge in [0, 0.05) is 11.8 Å². The molecule has 112 valence electrons. The Morgan fingerprint density at radius 2 is 1.67 bits per heavy atom. The van der Waals surface area contributed by atoms with E-state index in [0.29, 0.717) is 5.69 Å². The maximum atomic E-state index is 13.1. The molecule has 0 radical (unpaired) electrons. The minimum absolute atomic E-state index is 0.00141. The molecule has 0 unspecified atom stereocenters. The van der Waals surface area contributed by atoms with Gasteiger partial charge in [0.1, 0.15) is 11.6 Å². The highest BCUT2D eigenvalue weighted by atomic mass is 32.2. The average molecular weight is 313 g/mol. The fourth-order valence-corrected chi connectivity index (χ4v) is 2.49. The summed E-state index contributed by atoms with van der Waals surface area (Å²) in [6.07, 6.45) is 0. The number of nitrogens with one attached hydrogen (secondary N) is 2. The van der Waals surface area contributed by atoms with Crippen LogP contribution in [0, 0.1) is 11.6 Å². The third-order valence-electron chi connectivity index (χ3n) is 2.74. The van der Waals surface area contributed by atoms with Gasteiger partial charge in [0.25, 0.3) is 0 Å². The molecule has 0 bridgehead atoms. The summed E-state index contributed by atoms with van der Waals surface area (Å²) in [4.78, 5) is -0.00141. The van der Waals surface area contributed by atoms with Crippen LogP contribution in [0.15, 0.2) is 41.3 Å². The van der Waals surface area contributed by atoms with Crippen molar-refractivity contribution >= 4 is 27.1 Å². The van der Waals surface area contributed by atoms with Crippen LogP contribution in [0.2, 0.25) is 0 Å². The lowest BCUT2D eigenvalue weighted by molar-refractivity contribution is 0.584. The van der Waals surface area contributed by atoms with E-state index in [4.69, 9.17) is 5.73 Å². The van der Waals surface area contributed by atoms with Gasteiger partial charge < -0.3 is 11.1 Å². The molecular weight excluding hydrogens is 300 g/mol. The first kappa shape index (κ1) is 15.2. The summed E-state index contributed by atoms with van der Waals surface area (Å²) in [6, 6.07) is 6.95. The summed E-state index contributed by atoms with van der Waals surface area (Å²) in [5.74, 6) is -1.46. The smallest absolute Gasteiger partial charge is 0.240 e. The Labute approximate surface area is 120 Å². The number of hydrogen-bond donors (Lipinski definition) is 3. The molecule has 0 fully saturated rings. The molecule has 5 nitrogen and oxygen atoms in total. The number of anilines is 3.